The van der Waals surface area contributed by atoms with Gasteiger partial charge in [0.05, 0.1) is 5.70 Å². The Labute approximate surface area is 170 Å². The first-order valence-corrected chi connectivity index (χ1v) is 9.54. The molecule has 1 heterocycles. The van der Waals surface area contributed by atoms with Gasteiger partial charge in [-0.05, 0) is 25.0 Å². The Morgan fingerprint density at radius 2 is 1.76 bits per heavy atom. The molecular weight excluding hydrogens is 364 g/mol. The van der Waals surface area contributed by atoms with Gasteiger partial charge in [0.1, 0.15) is 17.5 Å². The number of nitrogens with one attached hydrogen (secondary N) is 2. The Bertz CT molecular complexity index is 1060. The molecule has 0 fully saturated rings. The first kappa shape index (κ1) is 20.0. The van der Waals surface area contributed by atoms with Crippen LogP contribution in [0.2, 0.25) is 0 Å². The highest BCUT2D eigenvalue weighted by Crippen LogP contribution is 2.30. The van der Waals surface area contributed by atoms with E-state index in [0.29, 0.717) is 29.1 Å². The molecule has 0 aromatic heterocycles. The summed E-state index contributed by atoms with van der Waals surface area (Å²) in [6.45, 7) is 4.38. The van der Waals surface area contributed by atoms with Gasteiger partial charge in [0.15, 0.2) is 0 Å². The molecule has 1 aliphatic heterocycles. The summed E-state index contributed by atoms with van der Waals surface area (Å²) >= 11 is 0. The van der Waals surface area contributed by atoms with Gasteiger partial charge in [-0.2, -0.15) is 5.26 Å². The summed E-state index contributed by atoms with van der Waals surface area (Å²) in [6.07, 6.45) is 1.77. The molecule has 0 unspecified atom stereocenters. The molecule has 3 rings (SSSR count). The van der Waals surface area contributed by atoms with Crippen molar-refractivity contribution >= 4 is 23.3 Å². The predicted molar refractivity (Wildman–Crippen MR) is 112 cm³/mol. The van der Waals surface area contributed by atoms with Gasteiger partial charge in [0.2, 0.25) is 0 Å². The molecule has 0 aliphatic carbocycles. The Morgan fingerprint density at radius 1 is 1.07 bits per heavy atom. The number of carbonyl (C=O) groups excluding carboxylic acids is 2. The fourth-order valence-corrected chi connectivity index (χ4v) is 3.10. The van der Waals surface area contributed by atoms with E-state index in [4.69, 9.17) is 0 Å². The van der Waals surface area contributed by atoms with E-state index in [2.05, 4.69) is 15.6 Å². The molecule has 0 saturated carbocycles. The number of hydrogen-bond donors (Lipinski definition) is 2. The van der Waals surface area contributed by atoms with E-state index < -0.39 is 5.91 Å². The van der Waals surface area contributed by atoms with Crippen LogP contribution in [-0.4, -0.2) is 24.2 Å². The van der Waals surface area contributed by atoms with Crippen molar-refractivity contribution in [3.63, 3.8) is 0 Å². The summed E-state index contributed by atoms with van der Waals surface area (Å²) in [5.41, 5.74) is 2.93. The van der Waals surface area contributed by atoms with Crippen LogP contribution in [0.1, 0.15) is 46.8 Å². The minimum absolute atomic E-state index is 0.0614. The highest BCUT2D eigenvalue weighted by Gasteiger charge is 2.27. The van der Waals surface area contributed by atoms with E-state index in [1.54, 1.807) is 18.2 Å². The van der Waals surface area contributed by atoms with Crippen LogP contribution in [-0.2, 0) is 4.79 Å². The van der Waals surface area contributed by atoms with Crippen molar-refractivity contribution in [3.8, 4) is 6.07 Å². The molecule has 146 valence electrons. The molecule has 2 aromatic rings. The number of hydrogen-bond acceptors (Lipinski definition) is 4. The van der Waals surface area contributed by atoms with E-state index in [0.717, 1.165) is 18.4 Å². The fraction of sp³-hybridized carbons (Fsp3) is 0.217. The lowest BCUT2D eigenvalue weighted by Crippen LogP contribution is -2.30. The zero-order valence-electron chi connectivity index (χ0n) is 16.5. The summed E-state index contributed by atoms with van der Waals surface area (Å²) in [6, 6.07) is 16.5. The standard InChI is InChI=1S/C23H22N4O2/c1-3-4-13-25-22(28)19(14-24)20-17-11-7-8-12-18(17)21(26-20)27-23(29)16-10-6-5-9-15(16)2/h5-12H,3-4,13H2,1-2H3,(H,25,28)(H,26,27,29)/b20-19-. The van der Waals surface area contributed by atoms with Gasteiger partial charge in [-0.25, -0.2) is 4.99 Å². The highest BCUT2D eigenvalue weighted by atomic mass is 16.2. The third-order valence-corrected chi connectivity index (χ3v) is 4.67. The summed E-state index contributed by atoms with van der Waals surface area (Å²) < 4.78 is 0. The van der Waals surface area contributed by atoms with Gasteiger partial charge in [-0.1, -0.05) is 55.8 Å². The lowest BCUT2D eigenvalue weighted by Gasteiger charge is -2.08. The molecule has 0 bridgehead atoms. The second-order valence-electron chi connectivity index (χ2n) is 6.72. The minimum atomic E-state index is -0.457. The molecule has 6 heteroatoms. The maximum atomic E-state index is 12.7. The fourth-order valence-electron chi connectivity index (χ4n) is 3.10. The van der Waals surface area contributed by atoms with Gasteiger partial charge in [-0.3, -0.25) is 9.59 Å². The van der Waals surface area contributed by atoms with E-state index in [1.165, 1.54) is 0 Å². The summed E-state index contributed by atoms with van der Waals surface area (Å²) in [4.78, 5) is 29.7. The second kappa shape index (κ2) is 8.98. The van der Waals surface area contributed by atoms with E-state index in [1.807, 2.05) is 50.2 Å². The number of aryl methyl sites for hydroxylation is 1. The number of amides is 2. The predicted octanol–water partition coefficient (Wildman–Crippen LogP) is 3.34. The molecule has 6 nitrogen and oxygen atoms in total. The van der Waals surface area contributed by atoms with Gasteiger partial charge in [0.25, 0.3) is 11.8 Å². The number of aliphatic imine (C=N–C) groups is 1. The molecule has 0 atom stereocenters. The normalized spacial score (nSPS) is 13.8. The Balaban J connectivity index is 1.96. The molecule has 29 heavy (non-hydrogen) atoms. The van der Waals surface area contributed by atoms with Crippen LogP contribution in [0.4, 0.5) is 0 Å². The number of nitrogens with zero attached hydrogens (tertiary/aromatic N) is 2. The largest absolute Gasteiger partial charge is 0.351 e. The number of nitriles is 1. The van der Waals surface area contributed by atoms with Crippen LogP contribution < -0.4 is 10.6 Å². The van der Waals surface area contributed by atoms with Gasteiger partial charge < -0.3 is 10.6 Å². The van der Waals surface area contributed by atoms with Gasteiger partial charge in [-0.15, -0.1) is 0 Å². The van der Waals surface area contributed by atoms with Crippen LogP contribution in [0.5, 0.6) is 0 Å². The zero-order valence-corrected chi connectivity index (χ0v) is 16.5. The molecule has 0 radical (unpaired) electrons. The molecule has 2 amide bonds. The van der Waals surface area contributed by atoms with Gasteiger partial charge in [0, 0.05) is 23.2 Å². The number of carbonyl (C=O) groups is 2. The Morgan fingerprint density at radius 3 is 2.45 bits per heavy atom. The SMILES string of the molecule is CCCCNC(=O)/C(C#N)=C1\N=C(NC(=O)c2ccccc2C)c2ccccc21. The summed E-state index contributed by atoms with van der Waals surface area (Å²) in [5.74, 6) is -0.414. The maximum absolute atomic E-state index is 12.7. The number of unbranched alkanes of at least 4 members (excludes halogenated alkanes) is 1. The Kier molecular flexibility index (Phi) is 6.20. The van der Waals surface area contributed by atoms with Crippen LogP contribution in [0, 0.1) is 18.3 Å². The summed E-state index contributed by atoms with van der Waals surface area (Å²) in [7, 11) is 0. The number of amidine groups is 1. The number of benzene rings is 2. The molecule has 2 N–H and O–H groups in total. The smallest absolute Gasteiger partial charge is 0.264 e. The van der Waals surface area contributed by atoms with E-state index in [-0.39, 0.29) is 17.2 Å². The molecule has 1 aliphatic rings. The first-order chi connectivity index (χ1) is 14.1. The van der Waals surface area contributed by atoms with Crippen molar-refractivity contribution in [1.29, 1.82) is 5.26 Å². The van der Waals surface area contributed by atoms with Crippen LogP contribution in [0.15, 0.2) is 59.1 Å². The average molecular weight is 386 g/mol. The third-order valence-electron chi connectivity index (χ3n) is 4.67. The molecule has 0 spiro atoms. The first-order valence-electron chi connectivity index (χ1n) is 9.54. The lowest BCUT2D eigenvalue weighted by molar-refractivity contribution is -0.117. The van der Waals surface area contributed by atoms with Crippen molar-refractivity contribution in [3.05, 3.63) is 76.4 Å². The van der Waals surface area contributed by atoms with Crippen molar-refractivity contribution in [2.75, 3.05) is 6.54 Å². The summed E-state index contributed by atoms with van der Waals surface area (Å²) in [5, 5.41) is 15.2. The topological polar surface area (TPSA) is 94.3 Å². The van der Waals surface area contributed by atoms with E-state index >= 15 is 0 Å². The van der Waals surface area contributed by atoms with Crippen LogP contribution >= 0.6 is 0 Å². The highest BCUT2D eigenvalue weighted by molar-refractivity contribution is 6.20. The van der Waals surface area contributed by atoms with Gasteiger partial charge >= 0.3 is 0 Å². The van der Waals surface area contributed by atoms with Crippen LogP contribution in [0.3, 0.4) is 0 Å². The number of rotatable bonds is 5. The zero-order chi connectivity index (χ0) is 20.8. The maximum Gasteiger partial charge on any atom is 0.264 e. The minimum Gasteiger partial charge on any atom is -0.351 e. The third kappa shape index (κ3) is 4.25. The molecule has 0 saturated heterocycles. The number of fused-ring (bicyclic) bond motifs is 1. The quantitative estimate of drug-likeness (QED) is 0.469. The van der Waals surface area contributed by atoms with Crippen molar-refractivity contribution < 1.29 is 9.59 Å². The van der Waals surface area contributed by atoms with Crippen molar-refractivity contribution in [2.45, 2.75) is 26.7 Å². The molecule has 2 aromatic carbocycles. The van der Waals surface area contributed by atoms with E-state index in [9.17, 15) is 14.9 Å². The lowest BCUT2D eigenvalue weighted by atomic mass is 10.0. The van der Waals surface area contributed by atoms with Crippen LogP contribution in [0.25, 0.3) is 5.70 Å². The molecular formula is C23H22N4O2. The second-order valence-corrected chi connectivity index (χ2v) is 6.72. The van der Waals surface area contributed by atoms with Crippen molar-refractivity contribution in [1.82, 2.24) is 10.6 Å². The monoisotopic (exact) mass is 386 g/mol. The average Bonchev–Trinajstić information content (AvgIpc) is 3.07. The Hall–Kier alpha value is -3.72. The van der Waals surface area contributed by atoms with Crippen molar-refractivity contribution in [2.24, 2.45) is 4.99 Å².